The Balaban J connectivity index is 0.00000320. The predicted octanol–water partition coefficient (Wildman–Crippen LogP) is 2.63. The number of para-hydroxylation sites is 1. The zero-order valence-electron chi connectivity index (χ0n) is 17.3. The first-order chi connectivity index (χ1) is 14.0. The average Bonchev–Trinajstić information content (AvgIpc) is 2.77. The second kappa shape index (κ2) is 10.7. The smallest absolute Gasteiger partial charge is 0.254 e. The van der Waals surface area contributed by atoms with Crippen molar-refractivity contribution < 1.29 is 19.1 Å². The lowest BCUT2D eigenvalue weighted by Gasteiger charge is -2.35. The quantitative estimate of drug-likeness (QED) is 0.708. The Morgan fingerprint density at radius 3 is 2.07 bits per heavy atom. The number of piperazine rings is 1. The Morgan fingerprint density at radius 1 is 0.933 bits per heavy atom. The third-order valence-corrected chi connectivity index (χ3v) is 5.18. The molecule has 30 heavy (non-hydrogen) atoms. The number of nitrogens with two attached hydrogens (primary N) is 1. The standard InChI is InChI=1S/C22H27N3O4.ClH/c1-28-18-13-17(14-19(15-18)29-2)22(27)25-11-9-24(10-12-25)21(26)8-7-16-5-3-4-6-20(16)23;/h3-6,13-15H,7-12,23H2,1-2H3;1H. The number of methoxy groups -OCH3 is 2. The number of aryl methyl sites for hydroxylation is 1. The van der Waals surface area contributed by atoms with Crippen molar-refractivity contribution in [2.24, 2.45) is 0 Å². The summed E-state index contributed by atoms with van der Waals surface area (Å²) in [6, 6.07) is 12.7. The van der Waals surface area contributed by atoms with Gasteiger partial charge in [-0.25, -0.2) is 0 Å². The molecule has 8 heteroatoms. The van der Waals surface area contributed by atoms with E-state index in [2.05, 4.69) is 0 Å². The minimum absolute atomic E-state index is 0. The molecule has 2 aromatic carbocycles. The van der Waals surface area contributed by atoms with Crippen molar-refractivity contribution in [2.45, 2.75) is 12.8 Å². The van der Waals surface area contributed by atoms with Crippen LogP contribution in [0.1, 0.15) is 22.3 Å². The molecule has 0 bridgehead atoms. The highest BCUT2D eigenvalue weighted by Crippen LogP contribution is 2.24. The number of halogens is 1. The van der Waals surface area contributed by atoms with Crippen molar-refractivity contribution in [3.8, 4) is 11.5 Å². The molecule has 1 fully saturated rings. The Morgan fingerprint density at radius 2 is 1.50 bits per heavy atom. The summed E-state index contributed by atoms with van der Waals surface area (Å²) in [7, 11) is 3.10. The predicted molar refractivity (Wildman–Crippen MR) is 118 cm³/mol. The molecular weight excluding hydrogens is 406 g/mol. The highest BCUT2D eigenvalue weighted by Gasteiger charge is 2.25. The average molecular weight is 434 g/mol. The van der Waals surface area contributed by atoms with Crippen LogP contribution in [0, 0.1) is 0 Å². The van der Waals surface area contributed by atoms with Gasteiger partial charge < -0.3 is 25.0 Å². The van der Waals surface area contributed by atoms with Crippen LogP contribution in [-0.4, -0.2) is 62.0 Å². The molecule has 0 radical (unpaired) electrons. The normalized spacial score (nSPS) is 13.4. The van der Waals surface area contributed by atoms with Gasteiger partial charge in [-0.15, -0.1) is 12.4 Å². The maximum Gasteiger partial charge on any atom is 0.254 e. The molecule has 0 aromatic heterocycles. The first-order valence-electron chi connectivity index (χ1n) is 9.65. The number of benzene rings is 2. The Hall–Kier alpha value is -2.93. The van der Waals surface area contributed by atoms with Gasteiger partial charge in [-0.1, -0.05) is 18.2 Å². The lowest BCUT2D eigenvalue weighted by Crippen LogP contribution is -2.50. The van der Waals surface area contributed by atoms with Crippen LogP contribution in [0.2, 0.25) is 0 Å². The third-order valence-electron chi connectivity index (χ3n) is 5.18. The van der Waals surface area contributed by atoms with Crippen LogP contribution in [0.15, 0.2) is 42.5 Å². The number of carbonyl (C=O) groups excluding carboxylic acids is 2. The van der Waals surface area contributed by atoms with Gasteiger partial charge in [0, 0.05) is 49.9 Å². The van der Waals surface area contributed by atoms with Gasteiger partial charge in [0.2, 0.25) is 5.91 Å². The summed E-state index contributed by atoms with van der Waals surface area (Å²) in [6.07, 6.45) is 1.03. The molecule has 1 aliphatic rings. The van der Waals surface area contributed by atoms with E-state index in [1.54, 1.807) is 37.3 Å². The molecule has 2 N–H and O–H groups in total. The van der Waals surface area contributed by atoms with Crippen molar-refractivity contribution in [3.63, 3.8) is 0 Å². The summed E-state index contributed by atoms with van der Waals surface area (Å²) in [4.78, 5) is 29.0. The van der Waals surface area contributed by atoms with E-state index in [1.165, 1.54) is 0 Å². The molecule has 0 aliphatic carbocycles. The fourth-order valence-electron chi connectivity index (χ4n) is 3.43. The Labute approximate surface area is 183 Å². The van der Waals surface area contributed by atoms with Gasteiger partial charge in [-0.2, -0.15) is 0 Å². The maximum atomic E-state index is 12.9. The monoisotopic (exact) mass is 433 g/mol. The van der Waals surface area contributed by atoms with Crippen LogP contribution in [0.5, 0.6) is 11.5 Å². The summed E-state index contributed by atoms with van der Waals surface area (Å²) in [5.74, 6) is 1.14. The van der Waals surface area contributed by atoms with Crippen molar-refractivity contribution in [1.29, 1.82) is 0 Å². The highest BCUT2D eigenvalue weighted by atomic mass is 35.5. The molecule has 2 amide bonds. The second-order valence-corrected chi connectivity index (χ2v) is 6.97. The van der Waals surface area contributed by atoms with E-state index < -0.39 is 0 Å². The molecule has 0 unspecified atom stereocenters. The number of hydrogen-bond donors (Lipinski definition) is 1. The summed E-state index contributed by atoms with van der Waals surface area (Å²) in [5.41, 5.74) is 8.16. The molecule has 0 saturated carbocycles. The minimum atomic E-state index is -0.0913. The zero-order chi connectivity index (χ0) is 20.8. The molecule has 0 spiro atoms. The van der Waals surface area contributed by atoms with Gasteiger partial charge in [0.1, 0.15) is 11.5 Å². The lowest BCUT2D eigenvalue weighted by molar-refractivity contribution is -0.132. The van der Waals surface area contributed by atoms with Crippen molar-refractivity contribution in [2.75, 3.05) is 46.1 Å². The minimum Gasteiger partial charge on any atom is -0.497 e. The van der Waals surface area contributed by atoms with E-state index in [0.29, 0.717) is 61.8 Å². The van der Waals surface area contributed by atoms with Crippen molar-refractivity contribution in [1.82, 2.24) is 9.80 Å². The number of amides is 2. The van der Waals surface area contributed by atoms with Crippen molar-refractivity contribution in [3.05, 3.63) is 53.6 Å². The number of nitrogens with zero attached hydrogens (tertiary/aromatic N) is 2. The largest absolute Gasteiger partial charge is 0.497 e. The topological polar surface area (TPSA) is 85.1 Å². The first-order valence-corrected chi connectivity index (χ1v) is 9.65. The number of carbonyl (C=O) groups is 2. The van der Waals surface area contributed by atoms with Gasteiger partial charge in [-0.05, 0) is 30.2 Å². The third kappa shape index (κ3) is 5.57. The number of nitrogen functional groups attached to an aromatic ring is 1. The van der Waals surface area contributed by atoms with E-state index in [1.807, 2.05) is 29.2 Å². The number of anilines is 1. The molecule has 1 aliphatic heterocycles. The summed E-state index contributed by atoms with van der Waals surface area (Å²) >= 11 is 0. The summed E-state index contributed by atoms with van der Waals surface area (Å²) in [6.45, 7) is 2.04. The van der Waals surface area contributed by atoms with Crippen LogP contribution in [0.4, 0.5) is 5.69 Å². The molecule has 2 aromatic rings. The van der Waals surface area contributed by atoms with E-state index in [0.717, 1.165) is 5.56 Å². The molecule has 1 saturated heterocycles. The van der Waals surface area contributed by atoms with E-state index in [9.17, 15) is 9.59 Å². The van der Waals surface area contributed by atoms with E-state index in [4.69, 9.17) is 15.2 Å². The second-order valence-electron chi connectivity index (χ2n) is 6.97. The molecule has 3 rings (SSSR count). The fraction of sp³-hybridized carbons (Fsp3) is 0.364. The van der Waals surface area contributed by atoms with Gasteiger partial charge in [0.25, 0.3) is 5.91 Å². The summed E-state index contributed by atoms with van der Waals surface area (Å²) < 4.78 is 10.5. The molecule has 0 atom stereocenters. The number of rotatable bonds is 6. The van der Waals surface area contributed by atoms with Crippen LogP contribution in [-0.2, 0) is 11.2 Å². The van der Waals surface area contributed by atoms with Gasteiger partial charge in [-0.3, -0.25) is 9.59 Å². The van der Waals surface area contributed by atoms with Crippen LogP contribution >= 0.6 is 12.4 Å². The van der Waals surface area contributed by atoms with Crippen molar-refractivity contribution >= 4 is 29.9 Å². The highest BCUT2D eigenvalue weighted by molar-refractivity contribution is 5.95. The lowest BCUT2D eigenvalue weighted by atomic mass is 10.1. The summed E-state index contributed by atoms with van der Waals surface area (Å²) in [5, 5.41) is 0. The number of hydrogen-bond acceptors (Lipinski definition) is 5. The SMILES string of the molecule is COc1cc(OC)cc(C(=O)N2CCN(C(=O)CCc3ccccc3N)CC2)c1.Cl. The van der Waals surface area contributed by atoms with E-state index >= 15 is 0 Å². The van der Waals surface area contributed by atoms with Crippen LogP contribution in [0.25, 0.3) is 0 Å². The van der Waals surface area contributed by atoms with E-state index in [-0.39, 0.29) is 24.2 Å². The van der Waals surface area contributed by atoms with Gasteiger partial charge >= 0.3 is 0 Å². The number of ether oxygens (including phenoxy) is 2. The molecule has 162 valence electrons. The maximum absolute atomic E-state index is 12.9. The Kier molecular flexibility index (Phi) is 8.35. The fourth-order valence-corrected chi connectivity index (χ4v) is 3.43. The van der Waals surface area contributed by atoms with Crippen LogP contribution < -0.4 is 15.2 Å². The Bertz CT molecular complexity index is 860. The first kappa shape index (κ1) is 23.3. The molecular formula is C22H28ClN3O4. The molecule has 7 nitrogen and oxygen atoms in total. The molecule has 1 heterocycles. The van der Waals surface area contributed by atoms with Gasteiger partial charge in [0.05, 0.1) is 14.2 Å². The van der Waals surface area contributed by atoms with Crippen LogP contribution in [0.3, 0.4) is 0 Å². The van der Waals surface area contributed by atoms with Gasteiger partial charge in [0.15, 0.2) is 0 Å². The zero-order valence-corrected chi connectivity index (χ0v) is 18.1.